The van der Waals surface area contributed by atoms with Crippen molar-refractivity contribution in [1.82, 2.24) is 29.1 Å². The third-order valence-electron chi connectivity index (χ3n) is 3.93. The first-order valence-electron chi connectivity index (χ1n) is 7.94. The van der Waals surface area contributed by atoms with Gasteiger partial charge in [0.25, 0.3) is 0 Å². The number of anilines is 1. The van der Waals surface area contributed by atoms with Gasteiger partial charge in [-0.15, -0.1) is 0 Å². The molecule has 7 heteroatoms. The molecule has 0 aliphatic rings. The second-order valence-corrected chi connectivity index (χ2v) is 5.56. The number of aromatic nitrogens is 6. The maximum absolute atomic E-state index is 4.61. The summed E-state index contributed by atoms with van der Waals surface area (Å²) < 4.78 is 3.89. The molecule has 124 valence electrons. The van der Waals surface area contributed by atoms with Gasteiger partial charge in [-0.2, -0.15) is 0 Å². The van der Waals surface area contributed by atoms with Crippen LogP contribution in [0.1, 0.15) is 11.4 Å². The van der Waals surface area contributed by atoms with E-state index in [2.05, 4.69) is 37.4 Å². The van der Waals surface area contributed by atoms with Crippen LogP contribution in [0.15, 0.2) is 67.8 Å². The maximum atomic E-state index is 4.61. The van der Waals surface area contributed by atoms with Crippen molar-refractivity contribution in [2.45, 2.75) is 13.5 Å². The van der Waals surface area contributed by atoms with Gasteiger partial charge in [-0.3, -0.25) is 9.55 Å². The lowest BCUT2D eigenvalue weighted by Crippen LogP contribution is -2.07. The quantitative estimate of drug-likeness (QED) is 0.609. The molecular formula is C18H17N7. The third-order valence-corrected chi connectivity index (χ3v) is 3.93. The average Bonchev–Trinajstić information content (AvgIpc) is 3.32. The zero-order valence-corrected chi connectivity index (χ0v) is 13.7. The molecule has 0 aliphatic carbocycles. The van der Waals surface area contributed by atoms with Crippen molar-refractivity contribution in [3.63, 3.8) is 0 Å². The molecule has 4 rings (SSSR count). The smallest absolute Gasteiger partial charge is 0.159 e. The highest BCUT2D eigenvalue weighted by Crippen LogP contribution is 2.16. The topological polar surface area (TPSA) is 73.5 Å². The fourth-order valence-electron chi connectivity index (χ4n) is 2.68. The minimum Gasteiger partial charge on any atom is -0.365 e. The lowest BCUT2D eigenvalue weighted by atomic mass is 10.1. The van der Waals surface area contributed by atoms with E-state index >= 15 is 0 Å². The summed E-state index contributed by atoms with van der Waals surface area (Å²) in [6.45, 7) is 2.57. The van der Waals surface area contributed by atoms with Crippen LogP contribution < -0.4 is 5.32 Å². The van der Waals surface area contributed by atoms with Crippen LogP contribution in [0.25, 0.3) is 11.5 Å². The number of hydrogen-bond acceptors (Lipinski definition) is 5. The molecule has 1 N–H and O–H groups in total. The molecule has 0 spiro atoms. The van der Waals surface area contributed by atoms with Crippen LogP contribution in [0.5, 0.6) is 0 Å². The summed E-state index contributed by atoms with van der Waals surface area (Å²) >= 11 is 0. The summed E-state index contributed by atoms with van der Waals surface area (Å²) in [5.74, 6) is 2.32. The van der Waals surface area contributed by atoms with Gasteiger partial charge in [0.05, 0.1) is 24.4 Å². The number of hydrogen-bond donors (Lipinski definition) is 1. The molecule has 0 saturated carbocycles. The summed E-state index contributed by atoms with van der Waals surface area (Å²) in [5, 5.41) is 3.34. The maximum Gasteiger partial charge on any atom is 0.159 e. The van der Waals surface area contributed by atoms with Crippen molar-refractivity contribution in [2.24, 2.45) is 0 Å². The first-order valence-corrected chi connectivity index (χ1v) is 7.94. The van der Waals surface area contributed by atoms with Gasteiger partial charge in [0.2, 0.25) is 0 Å². The van der Waals surface area contributed by atoms with Crippen molar-refractivity contribution in [3.8, 4) is 11.5 Å². The number of para-hydroxylation sites is 1. The Bertz CT molecular complexity index is 973. The molecular weight excluding hydrogens is 314 g/mol. The molecule has 4 aromatic rings. The zero-order valence-electron chi connectivity index (χ0n) is 13.7. The summed E-state index contributed by atoms with van der Waals surface area (Å²) in [5.41, 5.74) is 2.23. The van der Waals surface area contributed by atoms with E-state index in [4.69, 9.17) is 0 Å². The standard InChI is InChI=1S/C18H17N7/c1-14-21-7-9-25(14)18-12-20-11-17(23-18)22-10-15-4-2-3-5-16(15)24-8-6-19-13-24/h2-9,11-13H,10H2,1H3,(H,22,23). The molecule has 1 aromatic carbocycles. The van der Waals surface area contributed by atoms with Crippen LogP contribution in [0.4, 0.5) is 5.82 Å². The number of benzene rings is 1. The predicted octanol–water partition coefficient (Wildman–Crippen LogP) is 2.77. The van der Waals surface area contributed by atoms with Gasteiger partial charge in [-0.25, -0.2) is 15.0 Å². The number of nitrogens with one attached hydrogen (secondary N) is 1. The fourth-order valence-corrected chi connectivity index (χ4v) is 2.68. The number of imidazole rings is 2. The average molecular weight is 331 g/mol. The lowest BCUT2D eigenvalue weighted by Gasteiger charge is -2.12. The Balaban J connectivity index is 1.56. The third kappa shape index (κ3) is 3.12. The molecule has 7 nitrogen and oxygen atoms in total. The van der Waals surface area contributed by atoms with Crippen LogP contribution in [0.3, 0.4) is 0 Å². The van der Waals surface area contributed by atoms with Gasteiger partial charge < -0.3 is 9.88 Å². The first kappa shape index (κ1) is 15.1. The Kier molecular flexibility index (Phi) is 3.96. The Morgan fingerprint density at radius 2 is 1.96 bits per heavy atom. The van der Waals surface area contributed by atoms with E-state index in [1.807, 2.05) is 40.6 Å². The van der Waals surface area contributed by atoms with Gasteiger partial charge in [-0.1, -0.05) is 18.2 Å². The molecule has 0 radical (unpaired) electrons. The highest BCUT2D eigenvalue weighted by Gasteiger charge is 2.06. The first-order chi connectivity index (χ1) is 12.3. The van der Waals surface area contributed by atoms with Crippen LogP contribution in [0.2, 0.25) is 0 Å². The minimum atomic E-state index is 0.634. The molecule has 0 unspecified atom stereocenters. The normalized spacial score (nSPS) is 10.8. The number of rotatable bonds is 5. The van der Waals surface area contributed by atoms with E-state index in [0.29, 0.717) is 12.4 Å². The van der Waals surface area contributed by atoms with Crippen molar-refractivity contribution >= 4 is 5.82 Å². The summed E-state index contributed by atoms with van der Waals surface area (Å²) in [4.78, 5) is 17.2. The van der Waals surface area contributed by atoms with Crippen LogP contribution >= 0.6 is 0 Å². The minimum absolute atomic E-state index is 0.634. The second-order valence-electron chi connectivity index (χ2n) is 5.56. The Labute approximate surface area is 145 Å². The second kappa shape index (κ2) is 6.56. The molecule has 3 aromatic heterocycles. The molecule has 0 fully saturated rings. The molecule has 0 amide bonds. The van der Waals surface area contributed by atoms with Crippen molar-refractivity contribution in [3.05, 3.63) is 79.2 Å². The lowest BCUT2D eigenvalue weighted by molar-refractivity contribution is 0.914. The van der Waals surface area contributed by atoms with Crippen molar-refractivity contribution in [1.29, 1.82) is 0 Å². The van der Waals surface area contributed by atoms with E-state index in [-0.39, 0.29) is 0 Å². The van der Waals surface area contributed by atoms with E-state index < -0.39 is 0 Å². The summed E-state index contributed by atoms with van der Waals surface area (Å²) in [6, 6.07) is 8.19. The molecule has 0 aliphatic heterocycles. The van der Waals surface area contributed by atoms with Gasteiger partial charge in [0.1, 0.15) is 11.6 Å². The highest BCUT2D eigenvalue weighted by atomic mass is 15.2. The van der Waals surface area contributed by atoms with E-state index in [9.17, 15) is 0 Å². The van der Waals surface area contributed by atoms with Crippen LogP contribution in [0, 0.1) is 6.92 Å². The van der Waals surface area contributed by atoms with Gasteiger partial charge in [0, 0.05) is 31.3 Å². The van der Waals surface area contributed by atoms with Gasteiger partial charge in [-0.05, 0) is 18.6 Å². The van der Waals surface area contributed by atoms with Crippen LogP contribution in [-0.4, -0.2) is 29.1 Å². The van der Waals surface area contributed by atoms with Crippen molar-refractivity contribution in [2.75, 3.05) is 5.32 Å². The Hall–Kier alpha value is -3.48. The molecule has 3 heterocycles. The highest BCUT2D eigenvalue weighted by molar-refractivity contribution is 5.44. The Morgan fingerprint density at radius 1 is 1.04 bits per heavy atom. The van der Waals surface area contributed by atoms with E-state index in [0.717, 1.165) is 22.9 Å². The monoisotopic (exact) mass is 331 g/mol. The largest absolute Gasteiger partial charge is 0.365 e. The number of aryl methyl sites for hydroxylation is 1. The molecule has 25 heavy (non-hydrogen) atoms. The van der Waals surface area contributed by atoms with Crippen LogP contribution in [-0.2, 0) is 6.54 Å². The Morgan fingerprint density at radius 3 is 2.76 bits per heavy atom. The predicted molar refractivity (Wildman–Crippen MR) is 94.8 cm³/mol. The fraction of sp³-hybridized carbons (Fsp3) is 0.111. The molecule has 0 saturated heterocycles. The van der Waals surface area contributed by atoms with Gasteiger partial charge in [0.15, 0.2) is 5.82 Å². The molecule has 0 atom stereocenters. The van der Waals surface area contributed by atoms with E-state index in [1.165, 1.54) is 0 Å². The summed E-state index contributed by atoms with van der Waals surface area (Å²) in [6.07, 6.45) is 12.6. The zero-order chi connectivity index (χ0) is 17.1. The van der Waals surface area contributed by atoms with Crippen molar-refractivity contribution < 1.29 is 0 Å². The SMILES string of the molecule is Cc1nccn1-c1cncc(NCc2ccccc2-n2ccnc2)n1. The van der Waals surface area contributed by atoms with Gasteiger partial charge >= 0.3 is 0 Å². The van der Waals surface area contributed by atoms with E-state index in [1.54, 1.807) is 31.1 Å². The molecule has 0 bridgehead atoms. The number of nitrogens with zero attached hydrogens (tertiary/aromatic N) is 6. The summed E-state index contributed by atoms with van der Waals surface area (Å²) in [7, 11) is 0.